The number of alkyl carbamates (subject to hydrolysis) is 1. The number of hydrogen-bond donors (Lipinski definition) is 1. The molecule has 0 radical (unpaired) electrons. The predicted molar refractivity (Wildman–Crippen MR) is 130 cm³/mol. The van der Waals surface area contributed by atoms with Crippen LogP contribution in [0.1, 0.15) is 68.6 Å². The average Bonchev–Trinajstić information content (AvgIpc) is 2.73. The quantitative estimate of drug-likeness (QED) is 0.421. The van der Waals surface area contributed by atoms with Gasteiger partial charge in [-0.3, -0.25) is 4.79 Å². The number of ether oxygens (including phenoxy) is 2. The number of aromatic nitrogens is 1. The largest absolute Gasteiger partial charge is 0.478 e. The maximum Gasteiger partial charge on any atom is 0.408 e. The van der Waals surface area contributed by atoms with E-state index in [-0.39, 0.29) is 11.1 Å². The predicted octanol–water partition coefficient (Wildman–Crippen LogP) is 6.21. The first-order chi connectivity index (χ1) is 16.2. The van der Waals surface area contributed by atoms with E-state index in [0.29, 0.717) is 28.8 Å². The second-order valence-electron chi connectivity index (χ2n) is 9.80. The topological polar surface area (TPSA) is 77.5 Å². The zero-order valence-corrected chi connectivity index (χ0v) is 21.0. The summed E-state index contributed by atoms with van der Waals surface area (Å²) in [6.45, 7) is 12.3. The van der Waals surface area contributed by atoms with E-state index in [1.807, 2.05) is 6.92 Å². The first kappa shape index (κ1) is 26.1. The van der Waals surface area contributed by atoms with Crippen molar-refractivity contribution >= 4 is 22.6 Å². The lowest BCUT2D eigenvalue weighted by atomic mass is 9.90. The highest BCUT2D eigenvalue weighted by Crippen LogP contribution is 2.32. The normalized spacial score (nSPS) is 11.9. The van der Waals surface area contributed by atoms with Crippen molar-refractivity contribution in [3.8, 4) is 5.88 Å². The number of aryl methyl sites for hydroxylation is 1. The van der Waals surface area contributed by atoms with Gasteiger partial charge in [-0.2, -0.15) is 0 Å². The number of fused-ring (bicyclic) bond motifs is 1. The van der Waals surface area contributed by atoms with E-state index < -0.39 is 40.2 Å². The summed E-state index contributed by atoms with van der Waals surface area (Å²) in [5, 5.41) is 3.71. The first-order valence-corrected chi connectivity index (χ1v) is 11.3. The molecule has 0 aliphatic rings. The summed E-state index contributed by atoms with van der Waals surface area (Å²) in [6, 6.07) is 7.00. The van der Waals surface area contributed by atoms with Gasteiger partial charge in [0.05, 0.1) is 17.7 Å². The molecule has 0 saturated carbocycles. The molecular formula is C27H30F2N2O4. The van der Waals surface area contributed by atoms with Crippen LogP contribution in [0.2, 0.25) is 0 Å². The zero-order chi connectivity index (χ0) is 26.1. The molecular weight excluding hydrogens is 454 g/mol. The third kappa shape index (κ3) is 5.58. The van der Waals surface area contributed by atoms with Crippen LogP contribution in [0.3, 0.4) is 0 Å². The molecule has 1 N–H and O–H groups in total. The summed E-state index contributed by atoms with van der Waals surface area (Å²) < 4.78 is 41.3. The Morgan fingerprint density at radius 1 is 1.06 bits per heavy atom. The van der Waals surface area contributed by atoms with Crippen molar-refractivity contribution in [1.29, 1.82) is 0 Å². The van der Waals surface area contributed by atoms with Gasteiger partial charge in [-0.05, 0) is 77.8 Å². The van der Waals surface area contributed by atoms with Crippen molar-refractivity contribution in [3.63, 3.8) is 0 Å². The highest BCUT2D eigenvalue weighted by Gasteiger charge is 2.30. The Morgan fingerprint density at radius 2 is 1.69 bits per heavy atom. The minimum Gasteiger partial charge on any atom is -0.478 e. The van der Waals surface area contributed by atoms with E-state index in [1.165, 1.54) is 6.07 Å². The Hall–Kier alpha value is -3.55. The molecule has 0 fully saturated rings. The fraction of sp³-hybridized carbons (Fsp3) is 0.370. The van der Waals surface area contributed by atoms with E-state index in [0.717, 1.165) is 12.1 Å². The van der Waals surface area contributed by atoms with Gasteiger partial charge in [-0.25, -0.2) is 18.6 Å². The standard InChI is InChI=1S/C27H30F2N2O4/c1-8-34-24-18-11-9-10-17(21(18)15(2)14-30-24)23(32)22-19(28)12-16(13-20(22)29)27(6,7)31-25(33)35-26(3,4)5/h9-14H,8H2,1-7H3,(H,31,33). The van der Waals surface area contributed by atoms with Gasteiger partial charge in [0.1, 0.15) is 17.2 Å². The highest BCUT2D eigenvalue weighted by molar-refractivity contribution is 6.17. The fourth-order valence-corrected chi connectivity index (χ4v) is 3.80. The summed E-state index contributed by atoms with van der Waals surface area (Å²) in [5.41, 5.74) is -1.62. The van der Waals surface area contributed by atoms with Crippen LogP contribution in [0.5, 0.6) is 5.88 Å². The maximum atomic E-state index is 15.2. The van der Waals surface area contributed by atoms with Crippen molar-refractivity contribution in [3.05, 3.63) is 70.4 Å². The Bertz CT molecular complexity index is 1270. The average molecular weight is 485 g/mol. The molecule has 0 atom stereocenters. The van der Waals surface area contributed by atoms with Gasteiger partial charge >= 0.3 is 6.09 Å². The molecule has 0 saturated heterocycles. The number of benzene rings is 2. The number of rotatable bonds is 6. The third-order valence-electron chi connectivity index (χ3n) is 5.39. The smallest absolute Gasteiger partial charge is 0.408 e. The Morgan fingerprint density at radius 3 is 2.26 bits per heavy atom. The van der Waals surface area contributed by atoms with Crippen LogP contribution in [-0.2, 0) is 10.3 Å². The lowest BCUT2D eigenvalue weighted by molar-refractivity contribution is 0.0469. The van der Waals surface area contributed by atoms with Gasteiger partial charge in [0.2, 0.25) is 5.88 Å². The lowest BCUT2D eigenvalue weighted by Crippen LogP contribution is -2.44. The van der Waals surface area contributed by atoms with E-state index in [1.54, 1.807) is 59.9 Å². The van der Waals surface area contributed by atoms with Gasteiger partial charge in [0.25, 0.3) is 0 Å². The van der Waals surface area contributed by atoms with Crippen LogP contribution in [-0.4, -0.2) is 29.1 Å². The number of carbonyl (C=O) groups excluding carboxylic acids is 2. The number of halogens is 2. The van der Waals surface area contributed by atoms with E-state index in [2.05, 4.69) is 10.3 Å². The van der Waals surface area contributed by atoms with Gasteiger partial charge in [-0.15, -0.1) is 0 Å². The number of ketones is 1. The first-order valence-electron chi connectivity index (χ1n) is 11.3. The molecule has 0 spiro atoms. The van der Waals surface area contributed by atoms with E-state index in [9.17, 15) is 9.59 Å². The Balaban J connectivity index is 2.04. The van der Waals surface area contributed by atoms with Crippen molar-refractivity contribution in [2.75, 3.05) is 6.61 Å². The molecule has 8 heteroatoms. The van der Waals surface area contributed by atoms with Crippen LogP contribution in [0.4, 0.5) is 13.6 Å². The molecule has 35 heavy (non-hydrogen) atoms. The molecule has 6 nitrogen and oxygen atoms in total. The van der Waals surface area contributed by atoms with Crippen molar-refractivity contribution < 1.29 is 27.8 Å². The number of hydrogen-bond acceptors (Lipinski definition) is 5. The summed E-state index contributed by atoms with van der Waals surface area (Å²) >= 11 is 0. The minimum absolute atomic E-state index is 0.139. The summed E-state index contributed by atoms with van der Waals surface area (Å²) in [7, 11) is 0. The van der Waals surface area contributed by atoms with Crippen LogP contribution < -0.4 is 10.1 Å². The SMILES string of the molecule is CCOc1ncc(C)c2c(C(=O)c3c(F)cc(C(C)(C)NC(=O)OC(C)(C)C)cc3F)cccc12. The van der Waals surface area contributed by atoms with Crippen LogP contribution in [0.15, 0.2) is 36.5 Å². The van der Waals surface area contributed by atoms with Gasteiger partial charge in [0.15, 0.2) is 5.78 Å². The monoisotopic (exact) mass is 484 g/mol. The minimum atomic E-state index is -1.17. The van der Waals surface area contributed by atoms with E-state index >= 15 is 8.78 Å². The van der Waals surface area contributed by atoms with Crippen molar-refractivity contribution in [2.45, 2.75) is 59.6 Å². The third-order valence-corrected chi connectivity index (χ3v) is 5.39. The number of nitrogens with one attached hydrogen (secondary N) is 1. The highest BCUT2D eigenvalue weighted by atomic mass is 19.1. The van der Waals surface area contributed by atoms with Crippen LogP contribution >= 0.6 is 0 Å². The number of amides is 1. The van der Waals surface area contributed by atoms with Crippen LogP contribution in [0.25, 0.3) is 10.8 Å². The summed E-state index contributed by atoms with van der Waals surface area (Å²) in [4.78, 5) is 29.9. The number of pyridine rings is 1. The second kappa shape index (κ2) is 9.60. The fourth-order valence-electron chi connectivity index (χ4n) is 3.80. The molecule has 186 valence electrons. The summed E-state index contributed by atoms with van der Waals surface area (Å²) in [6.07, 6.45) is 0.832. The van der Waals surface area contributed by atoms with Gasteiger partial charge in [0, 0.05) is 22.5 Å². The lowest BCUT2D eigenvalue weighted by Gasteiger charge is -2.29. The molecule has 3 aromatic rings. The molecule has 0 unspecified atom stereocenters. The molecule has 0 bridgehead atoms. The molecule has 1 aromatic heterocycles. The molecule has 0 aliphatic heterocycles. The van der Waals surface area contributed by atoms with Crippen LogP contribution in [0, 0.1) is 18.6 Å². The maximum absolute atomic E-state index is 15.2. The van der Waals surface area contributed by atoms with Gasteiger partial charge < -0.3 is 14.8 Å². The summed E-state index contributed by atoms with van der Waals surface area (Å²) in [5.74, 6) is -2.52. The molecule has 2 aromatic carbocycles. The molecule has 3 rings (SSSR count). The molecule has 0 aliphatic carbocycles. The van der Waals surface area contributed by atoms with Gasteiger partial charge in [-0.1, -0.05) is 12.1 Å². The van der Waals surface area contributed by atoms with Crippen molar-refractivity contribution in [1.82, 2.24) is 10.3 Å². The molecule has 1 heterocycles. The number of nitrogens with zero attached hydrogens (tertiary/aromatic N) is 1. The molecule has 1 amide bonds. The number of carbonyl (C=O) groups is 2. The second-order valence-corrected chi connectivity index (χ2v) is 9.80. The van der Waals surface area contributed by atoms with Crippen molar-refractivity contribution in [2.24, 2.45) is 0 Å². The zero-order valence-electron chi connectivity index (χ0n) is 21.0. The Kier molecular flexibility index (Phi) is 7.15. The Labute approximate surface area is 203 Å². The van der Waals surface area contributed by atoms with E-state index in [4.69, 9.17) is 9.47 Å².